The van der Waals surface area contributed by atoms with Crippen molar-refractivity contribution < 1.29 is 0 Å². The molecular weight excluding hydrogens is 382 g/mol. The molecule has 0 aliphatic rings. The molecule has 0 atom stereocenters. The SMILES string of the molecule is c1ccc2c(Nc3ccc(-c4ccc5c(c4)sc4ccccc45)cc3)cccc2c1. The summed E-state index contributed by atoms with van der Waals surface area (Å²) >= 11 is 1.86. The Bertz CT molecular complexity index is 1500. The third-order valence-electron chi connectivity index (χ3n) is 5.67. The van der Waals surface area contributed by atoms with E-state index in [2.05, 4.69) is 115 Å². The first-order valence-electron chi connectivity index (χ1n) is 10.1. The van der Waals surface area contributed by atoms with Crippen molar-refractivity contribution in [3.63, 3.8) is 0 Å². The van der Waals surface area contributed by atoms with E-state index in [-0.39, 0.29) is 0 Å². The summed E-state index contributed by atoms with van der Waals surface area (Å²) in [6, 6.07) is 39.0. The van der Waals surface area contributed by atoms with Crippen LogP contribution >= 0.6 is 11.3 Å². The van der Waals surface area contributed by atoms with Gasteiger partial charge in [-0.3, -0.25) is 0 Å². The highest BCUT2D eigenvalue weighted by atomic mass is 32.1. The van der Waals surface area contributed by atoms with Gasteiger partial charge in [-0.05, 0) is 46.8 Å². The quantitative estimate of drug-likeness (QED) is 0.313. The van der Waals surface area contributed by atoms with Crippen LogP contribution in [0.4, 0.5) is 11.4 Å². The molecule has 0 fully saturated rings. The molecule has 0 spiro atoms. The second-order valence-electron chi connectivity index (χ2n) is 7.54. The van der Waals surface area contributed by atoms with Crippen LogP contribution < -0.4 is 5.32 Å². The van der Waals surface area contributed by atoms with E-state index in [1.807, 2.05) is 11.3 Å². The topological polar surface area (TPSA) is 12.0 Å². The molecule has 0 aliphatic carbocycles. The normalized spacial score (nSPS) is 11.3. The zero-order valence-electron chi connectivity index (χ0n) is 16.3. The Balaban J connectivity index is 1.33. The molecule has 1 nitrogen and oxygen atoms in total. The molecule has 1 heterocycles. The zero-order chi connectivity index (χ0) is 19.9. The van der Waals surface area contributed by atoms with Gasteiger partial charge in [-0.25, -0.2) is 0 Å². The fourth-order valence-electron chi connectivity index (χ4n) is 4.14. The lowest BCUT2D eigenvalue weighted by Crippen LogP contribution is -1.91. The fourth-order valence-corrected chi connectivity index (χ4v) is 5.29. The van der Waals surface area contributed by atoms with Crippen LogP contribution in [0.15, 0.2) is 109 Å². The van der Waals surface area contributed by atoms with Gasteiger partial charge in [0.05, 0.1) is 0 Å². The highest BCUT2D eigenvalue weighted by Crippen LogP contribution is 2.36. The van der Waals surface area contributed by atoms with Gasteiger partial charge in [0.15, 0.2) is 0 Å². The first kappa shape index (κ1) is 17.3. The lowest BCUT2D eigenvalue weighted by atomic mass is 10.0. The lowest BCUT2D eigenvalue weighted by Gasteiger charge is -2.11. The number of thiophene rings is 1. The van der Waals surface area contributed by atoms with Crippen LogP contribution in [0.1, 0.15) is 0 Å². The largest absolute Gasteiger partial charge is 0.355 e. The minimum atomic E-state index is 1.10. The van der Waals surface area contributed by atoms with E-state index < -0.39 is 0 Å². The second kappa shape index (κ2) is 7.01. The molecule has 142 valence electrons. The smallest absolute Gasteiger partial charge is 0.0463 e. The summed E-state index contributed by atoms with van der Waals surface area (Å²) in [7, 11) is 0. The molecule has 1 aromatic heterocycles. The first-order chi connectivity index (χ1) is 14.8. The Morgan fingerprint density at radius 2 is 1.20 bits per heavy atom. The third kappa shape index (κ3) is 2.94. The van der Waals surface area contributed by atoms with E-state index in [4.69, 9.17) is 0 Å². The summed E-state index contributed by atoms with van der Waals surface area (Å²) in [5, 5.41) is 8.74. The van der Waals surface area contributed by atoms with Crippen molar-refractivity contribution >= 4 is 53.7 Å². The van der Waals surface area contributed by atoms with Crippen LogP contribution in [0.5, 0.6) is 0 Å². The van der Waals surface area contributed by atoms with Crippen molar-refractivity contribution in [2.24, 2.45) is 0 Å². The summed E-state index contributed by atoms with van der Waals surface area (Å²) in [6.45, 7) is 0. The van der Waals surface area contributed by atoms with Crippen molar-refractivity contribution in [3.05, 3.63) is 109 Å². The standard InChI is InChI=1S/C28H19NS/c1-2-8-23-20(6-1)7-5-10-26(23)29-22-15-12-19(13-16-22)21-14-17-25-24-9-3-4-11-27(24)30-28(25)18-21/h1-18,29H. The van der Waals surface area contributed by atoms with Crippen LogP contribution in [0.2, 0.25) is 0 Å². The maximum atomic E-state index is 3.58. The van der Waals surface area contributed by atoms with E-state index in [1.54, 1.807) is 0 Å². The Kier molecular flexibility index (Phi) is 4.03. The molecule has 0 saturated carbocycles. The molecule has 6 aromatic rings. The minimum Gasteiger partial charge on any atom is -0.355 e. The molecule has 0 bridgehead atoms. The lowest BCUT2D eigenvalue weighted by molar-refractivity contribution is 1.57. The Morgan fingerprint density at radius 3 is 2.10 bits per heavy atom. The second-order valence-corrected chi connectivity index (χ2v) is 8.62. The van der Waals surface area contributed by atoms with Crippen LogP contribution in [-0.4, -0.2) is 0 Å². The van der Waals surface area contributed by atoms with Crippen LogP contribution in [-0.2, 0) is 0 Å². The molecular formula is C28H19NS. The van der Waals surface area contributed by atoms with Gasteiger partial charge < -0.3 is 5.32 Å². The summed E-state index contributed by atoms with van der Waals surface area (Å²) in [5.74, 6) is 0. The number of fused-ring (bicyclic) bond motifs is 4. The van der Waals surface area contributed by atoms with Gasteiger partial charge in [0, 0.05) is 36.9 Å². The Hall–Kier alpha value is -3.62. The summed E-state index contributed by atoms with van der Waals surface area (Å²) in [4.78, 5) is 0. The van der Waals surface area contributed by atoms with Crippen molar-refractivity contribution in [3.8, 4) is 11.1 Å². The maximum absolute atomic E-state index is 3.58. The highest BCUT2D eigenvalue weighted by molar-refractivity contribution is 7.25. The first-order valence-corrected chi connectivity index (χ1v) is 10.9. The number of hydrogen-bond donors (Lipinski definition) is 1. The molecule has 6 rings (SSSR count). The van der Waals surface area contributed by atoms with Crippen molar-refractivity contribution in [1.82, 2.24) is 0 Å². The van der Waals surface area contributed by atoms with Gasteiger partial charge in [0.25, 0.3) is 0 Å². The van der Waals surface area contributed by atoms with Crippen molar-refractivity contribution in [2.45, 2.75) is 0 Å². The summed E-state index contributed by atoms with van der Waals surface area (Å²) < 4.78 is 2.69. The predicted octanol–water partition coefficient (Wildman–Crippen LogP) is 8.62. The number of hydrogen-bond acceptors (Lipinski definition) is 2. The Morgan fingerprint density at radius 1 is 0.500 bits per heavy atom. The van der Waals surface area contributed by atoms with Gasteiger partial charge >= 0.3 is 0 Å². The van der Waals surface area contributed by atoms with E-state index in [0.717, 1.165) is 11.4 Å². The van der Waals surface area contributed by atoms with Crippen molar-refractivity contribution in [1.29, 1.82) is 0 Å². The number of nitrogens with one attached hydrogen (secondary N) is 1. The van der Waals surface area contributed by atoms with E-state index >= 15 is 0 Å². The molecule has 0 aliphatic heterocycles. The monoisotopic (exact) mass is 401 g/mol. The fraction of sp³-hybridized carbons (Fsp3) is 0. The molecule has 0 amide bonds. The summed E-state index contributed by atoms with van der Waals surface area (Å²) in [6.07, 6.45) is 0. The highest BCUT2D eigenvalue weighted by Gasteiger charge is 2.07. The zero-order valence-corrected chi connectivity index (χ0v) is 17.1. The Labute approximate surface area is 179 Å². The van der Waals surface area contributed by atoms with E-state index in [0.29, 0.717) is 0 Å². The van der Waals surface area contributed by atoms with E-state index in [9.17, 15) is 0 Å². The molecule has 0 radical (unpaired) electrons. The third-order valence-corrected chi connectivity index (χ3v) is 6.80. The predicted molar refractivity (Wildman–Crippen MR) is 132 cm³/mol. The summed E-state index contributed by atoms with van der Waals surface area (Å²) in [5.41, 5.74) is 4.72. The molecule has 0 unspecified atom stereocenters. The maximum Gasteiger partial charge on any atom is 0.0463 e. The van der Waals surface area contributed by atoms with Crippen LogP contribution in [0, 0.1) is 0 Å². The minimum absolute atomic E-state index is 1.10. The van der Waals surface area contributed by atoms with Gasteiger partial charge in [-0.2, -0.15) is 0 Å². The molecule has 5 aromatic carbocycles. The average molecular weight is 402 g/mol. The number of anilines is 2. The molecule has 30 heavy (non-hydrogen) atoms. The van der Waals surface area contributed by atoms with Crippen molar-refractivity contribution in [2.75, 3.05) is 5.32 Å². The van der Waals surface area contributed by atoms with E-state index in [1.165, 1.54) is 42.1 Å². The van der Waals surface area contributed by atoms with Crippen LogP contribution in [0.3, 0.4) is 0 Å². The van der Waals surface area contributed by atoms with Gasteiger partial charge in [0.1, 0.15) is 0 Å². The van der Waals surface area contributed by atoms with Gasteiger partial charge in [0.2, 0.25) is 0 Å². The number of benzene rings is 5. The molecule has 2 heteroatoms. The molecule has 0 saturated heterocycles. The number of rotatable bonds is 3. The average Bonchev–Trinajstić information content (AvgIpc) is 3.18. The van der Waals surface area contributed by atoms with Gasteiger partial charge in [-0.15, -0.1) is 11.3 Å². The molecule has 1 N–H and O–H groups in total. The van der Waals surface area contributed by atoms with Gasteiger partial charge in [-0.1, -0.05) is 78.9 Å². The van der Waals surface area contributed by atoms with Crippen LogP contribution in [0.25, 0.3) is 42.1 Å².